The Labute approximate surface area is 173 Å². The molecule has 1 heterocycles. The van der Waals surface area contributed by atoms with Crippen LogP contribution in [0.3, 0.4) is 0 Å². The molecule has 1 N–H and O–H groups in total. The van der Waals surface area contributed by atoms with Crippen molar-refractivity contribution in [1.82, 2.24) is 0 Å². The van der Waals surface area contributed by atoms with Crippen LogP contribution < -0.4 is 5.32 Å². The minimum absolute atomic E-state index is 0.127. The quantitative estimate of drug-likeness (QED) is 0.421. The molecule has 1 unspecified atom stereocenters. The van der Waals surface area contributed by atoms with E-state index >= 15 is 0 Å². The summed E-state index contributed by atoms with van der Waals surface area (Å²) < 4.78 is 4.87. The summed E-state index contributed by atoms with van der Waals surface area (Å²) >= 11 is 8.44. The number of carbonyl (C=O) groups is 2. The lowest BCUT2D eigenvalue weighted by Gasteiger charge is -2.13. The topological polar surface area (TPSA) is 55.4 Å². The van der Waals surface area contributed by atoms with E-state index in [9.17, 15) is 9.59 Å². The Hall–Kier alpha value is -1.18. The van der Waals surface area contributed by atoms with Crippen LogP contribution in [0.15, 0.2) is 30.3 Å². The van der Waals surface area contributed by atoms with Crippen molar-refractivity contribution in [3.8, 4) is 11.1 Å². The van der Waals surface area contributed by atoms with Crippen LogP contribution in [0.1, 0.15) is 35.5 Å². The molecule has 0 aliphatic heterocycles. The second-order valence-corrected chi connectivity index (χ2v) is 11.5. The van der Waals surface area contributed by atoms with Gasteiger partial charge in [-0.1, -0.05) is 62.2 Å². The standard InChI is InChI=1S/C19H19Br2NO3S/c1-4-25-16(23)14-13(12-8-6-5-7-9-12)11(2)26-15(14)22-17(24)18(3)10-19(18,20)21/h5-9H,4,10H2,1-3H3,(H,22,24). The highest BCUT2D eigenvalue weighted by atomic mass is 79.9. The van der Waals surface area contributed by atoms with E-state index in [0.717, 1.165) is 16.0 Å². The number of nitrogens with one attached hydrogen (secondary N) is 1. The Morgan fingerprint density at radius 2 is 1.88 bits per heavy atom. The Morgan fingerprint density at radius 1 is 1.27 bits per heavy atom. The van der Waals surface area contributed by atoms with E-state index in [-0.39, 0.29) is 12.5 Å². The Kier molecular flexibility index (Phi) is 5.34. The fourth-order valence-electron chi connectivity index (χ4n) is 2.87. The van der Waals surface area contributed by atoms with E-state index < -0.39 is 14.6 Å². The van der Waals surface area contributed by atoms with Gasteiger partial charge < -0.3 is 10.1 Å². The van der Waals surface area contributed by atoms with E-state index in [1.54, 1.807) is 6.92 Å². The molecule has 0 bridgehead atoms. The fourth-order valence-corrected chi connectivity index (χ4v) is 5.41. The molecule has 1 aromatic carbocycles. The van der Waals surface area contributed by atoms with Gasteiger partial charge in [-0.25, -0.2) is 4.79 Å². The first kappa shape index (κ1) is 19.6. The Balaban J connectivity index is 2.03. The number of alkyl halides is 2. The lowest BCUT2D eigenvalue weighted by Crippen LogP contribution is -2.26. The first-order valence-electron chi connectivity index (χ1n) is 8.26. The average Bonchev–Trinajstić information content (AvgIpc) is 2.95. The summed E-state index contributed by atoms with van der Waals surface area (Å²) in [6, 6.07) is 9.68. The average molecular weight is 501 g/mol. The molecule has 1 aliphatic rings. The molecule has 0 radical (unpaired) electrons. The van der Waals surface area contributed by atoms with E-state index in [1.165, 1.54) is 11.3 Å². The summed E-state index contributed by atoms with van der Waals surface area (Å²) in [5.41, 5.74) is 1.60. The minimum atomic E-state index is -0.566. The van der Waals surface area contributed by atoms with Crippen LogP contribution in [-0.2, 0) is 9.53 Å². The van der Waals surface area contributed by atoms with Gasteiger partial charge in [0.25, 0.3) is 0 Å². The molecule has 26 heavy (non-hydrogen) atoms. The van der Waals surface area contributed by atoms with Gasteiger partial charge in [-0.05, 0) is 32.8 Å². The number of thiophene rings is 1. The summed E-state index contributed by atoms with van der Waals surface area (Å²) in [7, 11) is 0. The molecule has 1 saturated carbocycles. The van der Waals surface area contributed by atoms with Gasteiger partial charge in [0.15, 0.2) is 0 Å². The van der Waals surface area contributed by atoms with Crippen molar-refractivity contribution in [3.05, 3.63) is 40.8 Å². The van der Waals surface area contributed by atoms with Gasteiger partial charge >= 0.3 is 5.97 Å². The fraction of sp³-hybridized carbons (Fsp3) is 0.368. The number of esters is 1. The van der Waals surface area contributed by atoms with Gasteiger partial charge in [-0.15, -0.1) is 11.3 Å². The van der Waals surface area contributed by atoms with Crippen molar-refractivity contribution < 1.29 is 14.3 Å². The van der Waals surface area contributed by atoms with Crippen LogP contribution in [0, 0.1) is 12.3 Å². The molecule has 4 nitrogen and oxygen atoms in total. The second-order valence-electron chi connectivity index (χ2n) is 6.49. The van der Waals surface area contributed by atoms with Gasteiger partial charge in [0.05, 0.1) is 15.3 Å². The van der Waals surface area contributed by atoms with E-state index in [2.05, 4.69) is 37.2 Å². The molecule has 1 fully saturated rings. The lowest BCUT2D eigenvalue weighted by molar-refractivity contribution is -0.120. The SMILES string of the molecule is CCOC(=O)c1c(NC(=O)C2(C)CC2(Br)Br)sc(C)c1-c1ccccc1. The zero-order chi connectivity index (χ0) is 19.1. The number of hydrogen-bond acceptors (Lipinski definition) is 4. The smallest absolute Gasteiger partial charge is 0.341 e. The maximum absolute atomic E-state index is 12.8. The number of anilines is 1. The van der Waals surface area contributed by atoms with Crippen molar-refractivity contribution >= 4 is 60.1 Å². The molecule has 1 atom stereocenters. The second kappa shape index (κ2) is 7.09. The molecule has 1 aliphatic carbocycles. The molecule has 0 spiro atoms. The minimum Gasteiger partial charge on any atom is -0.462 e. The predicted octanol–water partition coefficient (Wildman–Crippen LogP) is 5.73. The number of amides is 1. The van der Waals surface area contributed by atoms with E-state index in [1.807, 2.05) is 44.2 Å². The maximum Gasteiger partial charge on any atom is 0.341 e. The Bertz CT molecular complexity index is 863. The first-order valence-corrected chi connectivity index (χ1v) is 10.7. The number of ether oxygens (including phenoxy) is 1. The largest absolute Gasteiger partial charge is 0.462 e. The predicted molar refractivity (Wildman–Crippen MR) is 112 cm³/mol. The van der Waals surface area contributed by atoms with E-state index in [4.69, 9.17) is 4.74 Å². The summed E-state index contributed by atoms with van der Waals surface area (Å²) in [5, 5.41) is 3.49. The molecule has 138 valence electrons. The lowest BCUT2D eigenvalue weighted by atomic mass is 10.0. The normalized spacial score (nSPS) is 20.5. The number of aryl methyl sites for hydroxylation is 1. The number of rotatable bonds is 5. The van der Waals surface area contributed by atoms with Crippen molar-refractivity contribution in [2.75, 3.05) is 11.9 Å². The van der Waals surface area contributed by atoms with Crippen LogP contribution in [-0.4, -0.2) is 21.7 Å². The summed E-state index contributed by atoms with van der Waals surface area (Å²) in [5.74, 6) is -0.548. The zero-order valence-corrected chi connectivity index (χ0v) is 18.7. The van der Waals surface area contributed by atoms with Crippen molar-refractivity contribution in [3.63, 3.8) is 0 Å². The van der Waals surface area contributed by atoms with Crippen LogP contribution in [0.4, 0.5) is 5.00 Å². The number of benzene rings is 1. The third-order valence-corrected chi connectivity index (χ3v) is 7.94. The molecule has 1 amide bonds. The first-order chi connectivity index (χ1) is 12.2. The number of halogens is 2. The molecule has 3 rings (SSSR count). The highest BCUT2D eigenvalue weighted by Gasteiger charge is 2.66. The van der Waals surface area contributed by atoms with E-state index in [0.29, 0.717) is 17.0 Å². The maximum atomic E-state index is 12.8. The number of carbonyl (C=O) groups excluding carboxylic acids is 2. The van der Waals surface area contributed by atoms with Crippen molar-refractivity contribution in [2.24, 2.45) is 5.41 Å². The summed E-state index contributed by atoms with van der Waals surface area (Å²) in [4.78, 5) is 26.4. The van der Waals surface area contributed by atoms with Crippen LogP contribution in [0.2, 0.25) is 0 Å². The zero-order valence-electron chi connectivity index (χ0n) is 14.7. The molecule has 2 aromatic rings. The van der Waals surface area contributed by atoms with Gasteiger partial charge in [0.2, 0.25) is 5.91 Å². The van der Waals surface area contributed by atoms with Gasteiger partial charge in [-0.2, -0.15) is 0 Å². The number of hydrogen-bond donors (Lipinski definition) is 1. The molecular formula is C19H19Br2NO3S. The van der Waals surface area contributed by atoms with Crippen molar-refractivity contribution in [2.45, 2.75) is 30.4 Å². The van der Waals surface area contributed by atoms with Gasteiger partial charge in [-0.3, -0.25) is 4.79 Å². The highest BCUT2D eigenvalue weighted by Crippen LogP contribution is 2.66. The summed E-state index contributed by atoms with van der Waals surface area (Å²) in [6.07, 6.45) is 0.677. The monoisotopic (exact) mass is 499 g/mol. The van der Waals surface area contributed by atoms with Crippen LogP contribution >= 0.6 is 43.2 Å². The summed E-state index contributed by atoms with van der Waals surface area (Å²) in [6.45, 7) is 5.88. The molecule has 7 heteroatoms. The Morgan fingerprint density at radius 3 is 2.42 bits per heavy atom. The van der Waals surface area contributed by atoms with Crippen LogP contribution in [0.25, 0.3) is 11.1 Å². The highest BCUT2D eigenvalue weighted by molar-refractivity contribution is 9.25. The van der Waals surface area contributed by atoms with Gasteiger partial charge in [0, 0.05) is 10.4 Å². The van der Waals surface area contributed by atoms with Gasteiger partial charge in [0.1, 0.15) is 10.6 Å². The molecular weight excluding hydrogens is 482 g/mol. The third kappa shape index (κ3) is 3.37. The van der Waals surface area contributed by atoms with Crippen LogP contribution in [0.5, 0.6) is 0 Å². The van der Waals surface area contributed by atoms with Crippen molar-refractivity contribution in [1.29, 1.82) is 0 Å². The molecule has 0 saturated heterocycles. The molecule has 1 aromatic heterocycles. The third-order valence-electron chi connectivity index (χ3n) is 4.61.